The molecule has 2 aromatic rings. The number of amides is 2. The Balaban J connectivity index is 2.05. The van der Waals surface area contributed by atoms with Gasteiger partial charge < -0.3 is 15.6 Å². The molecule has 0 bridgehead atoms. The van der Waals surface area contributed by atoms with Gasteiger partial charge in [-0.2, -0.15) is 0 Å². The molecule has 0 saturated carbocycles. The molecule has 22 heavy (non-hydrogen) atoms. The average molecular weight is 319 g/mol. The van der Waals surface area contributed by atoms with Gasteiger partial charge in [0.25, 0.3) is 5.91 Å². The fraction of sp³-hybridized carbons (Fsp3) is 0.286. The summed E-state index contributed by atoms with van der Waals surface area (Å²) in [5.74, 6) is 0.148. The number of primary amides is 1. The topological polar surface area (TPSA) is 103 Å². The van der Waals surface area contributed by atoms with Gasteiger partial charge in [-0.1, -0.05) is 30.0 Å². The summed E-state index contributed by atoms with van der Waals surface area (Å²) in [5, 5.41) is 11.5. The number of carbonyl (C=O) groups excluding carboxylic acids is 2. The number of aromatic nitrogens is 3. The van der Waals surface area contributed by atoms with Crippen molar-refractivity contribution in [2.75, 3.05) is 5.75 Å². The summed E-state index contributed by atoms with van der Waals surface area (Å²) in [6.07, 6.45) is 0. The van der Waals surface area contributed by atoms with E-state index in [0.29, 0.717) is 16.5 Å². The number of nitrogens with zero attached hydrogens (tertiary/aromatic N) is 3. The van der Waals surface area contributed by atoms with E-state index in [9.17, 15) is 9.59 Å². The summed E-state index contributed by atoms with van der Waals surface area (Å²) in [7, 11) is 1.78. The van der Waals surface area contributed by atoms with Gasteiger partial charge in [-0.05, 0) is 19.1 Å². The van der Waals surface area contributed by atoms with Gasteiger partial charge in [0.2, 0.25) is 5.91 Å². The van der Waals surface area contributed by atoms with E-state index < -0.39 is 5.91 Å². The SMILES string of the molecule is C[C@H](NC(=O)c1ccccc1)c1nnc(SCC(N)=O)n1C. The van der Waals surface area contributed by atoms with Crippen LogP contribution in [0.15, 0.2) is 35.5 Å². The number of carbonyl (C=O) groups is 2. The van der Waals surface area contributed by atoms with E-state index in [-0.39, 0.29) is 17.7 Å². The van der Waals surface area contributed by atoms with Crippen LogP contribution in [0.25, 0.3) is 0 Å². The standard InChI is InChI=1S/C14H17N5O2S/c1-9(16-13(21)10-6-4-3-5-7-10)12-17-18-14(19(12)2)22-8-11(15)20/h3-7,9H,8H2,1-2H3,(H2,15,20)(H,16,21)/t9-/m0/s1. The molecule has 8 heteroatoms. The second-order valence-corrected chi connectivity index (χ2v) is 5.66. The third-order valence-corrected chi connectivity index (χ3v) is 4.03. The predicted octanol–water partition coefficient (Wildman–Crippen LogP) is 0.883. The summed E-state index contributed by atoms with van der Waals surface area (Å²) in [5.41, 5.74) is 5.70. The molecule has 0 aliphatic rings. The fourth-order valence-electron chi connectivity index (χ4n) is 1.90. The van der Waals surface area contributed by atoms with Gasteiger partial charge in [0, 0.05) is 12.6 Å². The number of hydrogen-bond acceptors (Lipinski definition) is 5. The summed E-state index contributed by atoms with van der Waals surface area (Å²) in [4.78, 5) is 22.9. The molecule has 0 radical (unpaired) electrons. The Labute approximate surface area is 132 Å². The Hall–Kier alpha value is -2.35. The van der Waals surface area contributed by atoms with Crippen molar-refractivity contribution in [1.29, 1.82) is 0 Å². The van der Waals surface area contributed by atoms with Gasteiger partial charge in [-0.15, -0.1) is 10.2 Å². The third kappa shape index (κ3) is 3.85. The summed E-state index contributed by atoms with van der Waals surface area (Å²) >= 11 is 1.21. The molecule has 0 saturated heterocycles. The summed E-state index contributed by atoms with van der Waals surface area (Å²) < 4.78 is 1.74. The molecule has 2 amide bonds. The van der Waals surface area contributed by atoms with E-state index in [2.05, 4.69) is 15.5 Å². The van der Waals surface area contributed by atoms with Crippen LogP contribution in [0.4, 0.5) is 0 Å². The van der Waals surface area contributed by atoms with Gasteiger partial charge in [0.05, 0.1) is 11.8 Å². The Morgan fingerprint density at radius 3 is 2.64 bits per heavy atom. The van der Waals surface area contributed by atoms with Crippen LogP contribution in [-0.2, 0) is 11.8 Å². The Bertz CT molecular complexity index is 671. The number of nitrogens with two attached hydrogens (primary N) is 1. The Kier molecular flexibility index (Phi) is 5.16. The minimum Gasteiger partial charge on any atom is -0.369 e. The maximum atomic E-state index is 12.1. The van der Waals surface area contributed by atoms with E-state index >= 15 is 0 Å². The van der Waals surface area contributed by atoms with Gasteiger partial charge in [0.15, 0.2) is 11.0 Å². The molecule has 7 nitrogen and oxygen atoms in total. The first-order chi connectivity index (χ1) is 10.5. The van der Waals surface area contributed by atoms with Crippen molar-refractivity contribution in [3.05, 3.63) is 41.7 Å². The van der Waals surface area contributed by atoms with Crippen LogP contribution < -0.4 is 11.1 Å². The second kappa shape index (κ2) is 7.08. The average Bonchev–Trinajstić information content (AvgIpc) is 2.87. The zero-order valence-corrected chi connectivity index (χ0v) is 13.1. The Morgan fingerprint density at radius 2 is 2.00 bits per heavy atom. The molecule has 0 fully saturated rings. The van der Waals surface area contributed by atoms with Crippen molar-refractivity contribution >= 4 is 23.6 Å². The lowest BCUT2D eigenvalue weighted by Gasteiger charge is -2.13. The van der Waals surface area contributed by atoms with Crippen LogP contribution in [0.1, 0.15) is 29.1 Å². The van der Waals surface area contributed by atoms with Gasteiger partial charge in [-0.3, -0.25) is 9.59 Å². The lowest BCUT2D eigenvalue weighted by Crippen LogP contribution is -2.28. The summed E-state index contributed by atoms with van der Waals surface area (Å²) in [6.45, 7) is 1.83. The van der Waals surface area contributed by atoms with Crippen molar-refractivity contribution < 1.29 is 9.59 Å². The van der Waals surface area contributed by atoms with Gasteiger partial charge >= 0.3 is 0 Å². The van der Waals surface area contributed by atoms with Gasteiger partial charge in [-0.25, -0.2) is 0 Å². The zero-order chi connectivity index (χ0) is 16.1. The molecule has 2 rings (SSSR count). The number of rotatable bonds is 6. The molecule has 1 heterocycles. The van der Waals surface area contributed by atoms with Crippen LogP contribution in [0.5, 0.6) is 0 Å². The third-order valence-electron chi connectivity index (χ3n) is 2.98. The number of hydrogen-bond donors (Lipinski definition) is 2. The van der Waals surface area contributed by atoms with Crippen molar-refractivity contribution in [1.82, 2.24) is 20.1 Å². The Morgan fingerprint density at radius 1 is 1.32 bits per heavy atom. The first kappa shape index (κ1) is 16.0. The normalized spacial score (nSPS) is 11.9. The van der Waals surface area contributed by atoms with E-state index in [1.165, 1.54) is 11.8 Å². The molecule has 0 unspecified atom stereocenters. The highest BCUT2D eigenvalue weighted by Crippen LogP contribution is 2.18. The van der Waals surface area contributed by atoms with Crippen molar-refractivity contribution in [2.45, 2.75) is 18.1 Å². The first-order valence-electron chi connectivity index (χ1n) is 6.65. The molecule has 0 aliphatic carbocycles. The second-order valence-electron chi connectivity index (χ2n) is 4.72. The fourth-order valence-corrected chi connectivity index (χ4v) is 2.56. The predicted molar refractivity (Wildman–Crippen MR) is 83.2 cm³/mol. The highest BCUT2D eigenvalue weighted by atomic mass is 32.2. The maximum absolute atomic E-state index is 12.1. The molecular formula is C14H17N5O2S. The van der Waals surface area contributed by atoms with Crippen LogP contribution in [-0.4, -0.2) is 32.3 Å². The number of thioether (sulfide) groups is 1. The van der Waals surface area contributed by atoms with Crippen LogP contribution >= 0.6 is 11.8 Å². The van der Waals surface area contributed by atoms with Crippen molar-refractivity contribution in [3.8, 4) is 0 Å². The van der Waals surface area contributed by atoms with E-state index in [1.54, 1.807) is 35.9 Å². The lowest BCUT2D eigenvalue weighted by atomic mass is 10.2. The monoisotopic (exact) mass is 319 g/mol. The molecule has 3 N–H and O–H groups in total. The molecule has 1 aromatic heterocycles. The smallest absolute Gasteiger partial charge is 0.251 e. The lowest BCUT2D eigenvalue weighted by molar-refractivity contribution is -0.115. The highest BCUT2D eigenvalue weighted by molar-refractivity contribution is 7.99. The number of benzene rings is 1. The quantitative estimate of drug-likeness (QED) is 0.770. The van der Waals surface area contributed by atoms with E-state index in [0.717, 1.165) is 0 Å². The molecule has 1 atom stereocenters. The van der Waals surface area contributed by atoms with Crippen molar-refractivity contribution in [3.63, 3.8) is 0 Å². The molecule has 1 aromatic carbocycles. The van der Waals surface area contributed by atoms with Gasteiger partial charge in [0.1, 0.15) is 0 Å². The first-order valence-corrected chi connectivity index (χ1v) is 7.64. The number of nitrogens with one attached hydrogen (secondary N) is 1. The molecule has 0 spiro atoms. The van der Waals surface area contributed by atoms with E-state index in [4.69, 9.17) is 5.73 Å². The van der Waals surface area contributed by atoms with Crippen LogP contribution in [0.3, 0.4) is 0 Å². The van der Waals surface area contributed by atoms with Crippen LogP contribution in [0.2, 0.25) is 0 Å². The van der Waals surface area contributed by atoms with Crippen molar-refractivity contribution in [2.24, 2.45) is 12.8 Å². The minimum absolute atomic E-state index is 0.136. The zero-order valence-electron chi connectivity index (χ0n) is 12.3. The highest BCUT2D eigenvalue weighted by Gasteiger charge is 2.18. The minimum atomic E-state index is -0.417. The molecule has 0 aliphatic heterocycles. The van der Waals surface area contributed by atoms with E-state index in [1.807, 2.05) is 13.0 Å². The molecular weight excluding hydrogens is 302 g/mol. The largest absolute Gasteiger partial charge is 0.369 e. The van der Waals surface area contributed by atoms with Crippen LogP contribution in [0, 0.1) is 0 Å². The molecule has 116 valence electrons. The summed E-state index contributed by atoms with van der Waals surface area (Å²) in [6, 6.07) is 8.64. The maximum Gasteiger partial charge on any atom is 0.251 e.